The van der Waals surface area contributed by atoms with Gasteiger partial charge in [-0.15, -0.1) is 0 Å². The SMILES string of the molecule is Bc1ccc2c(c1)c1cc(B)ccc1n2Cn1c2ccc(C)cc2c2cc(BC)ccc21. The number of hydrogen-bond acceptors (Lipinski definition) is 0. The summed E-state index contributed by atoms with van der Waals surface area (Å²) in [4.78, 5) is 0. The molecule has 2 heterocycles. The summed E-state index contributed by atoms with van der Waals surface area (Å²) in [6, 6.07) is 27.5. The van der Waals surface area contributed by atoms with Crippen molar-refractivity contribution in [3.63, 3.8) is 0 Å². The molecule has 0 radical (unpaired) electrons. The second kappa shape index (κ2) is 7.10. The van der Waals surface area contributed by atoms with Gasteiger partial charge in [0.1, 0.15) is 22.4 Å². The minimum Gasteiger partial charge on any atom is -0.322 e. The highest BCUT2D eigenvalue weighted by Gasteiger charge is 2.15. The Bertz CT molecular complexity index is 1610. The number of nitrogens with zero attached hydrogens (tertiary/aromatic N) is 2. The minimum atomic E-state index is 0.792. The third-order valence-corrected chi connectivity index (χ3v) is 6.95. The van der Waals surface area contributed by atoms with E-state index in [4.69, 9.17) is 0 Å². The monoisotopic (exact) mass is 410 g/mol. The number of fused-ring (bicyclic) bond motifs is 6. The molecule has 0 aliphatic carbocycles. The van der Waals surface area contributed by atoms with Crippen LogP contribution in [0.1, 0.15) is 5.56 Å². The maximum absolute atomic E-state index is 2.49. The molecule has 0 saturated carbocycles. The van der Waals surface area contributed by atoms with E-state index in [1.54, 1.807) is 0 Å². The fourth-order valence-corrected chi connectivity index (χ4v) is 5.26. The van der Waals surface area contributed by atoms with Crippen molar-refractivity contribution in [1.29, 1.82) is 0 Å². The molecule has 5 heteroatoms. The van der Waals surface area contributed by atoms with Crippen molar-refractivity contribution in [1.82, 2.24) is 9.13 Å². The summed E-state index contributed by atoms with van der Waals surface area (Å²) in [5, 5.41) is 5.39. The molecule has 6 aromatic rings. The van der Waals surface area contributed by atoms with E-state index in [1.165, 1.54) is 65.6 Å². The molecule has 0 amide bonds. The Morgan fingerprint density at radius 2 is 1.09 bits per heavy atom. The fraction of sp³-hybridized carbons (Fsp3) is 0.111. The largest absolute Gasteiger partial charge is 0.322 e. The minimum absolute atomic E-state index is 0.792. The molecule has 6 rings (SSSR count). The van der Waals surface area contributed by atoms with Gasteiger partial charge in [0.25, 0.3) is 0 Å². The first-order chi connectivity index (χ1) is 15.5. The second-order valence-corrected chi connectivity index (χ2v) is 9.26. The van der Waals surface area contributed by atoms with E-state index in [-0.39, 0.29) is 0 Å². The van der Waals surface area contributed by atoms with Crippen LogP contribution < -0.4 is 16.4 Å². The Morgan fingerprint density at radius 1 is 0.625 bits per heavy atom. The summed E-state index contributed by atoms with van der Waals surface area (Å²) in [5.41, 5.74) is 10.5. The first kappa shape index (κ1) is 19.4. The molecule has 0 aliphatic heterocycles. The van der Waals surface area contributed by atoms with Crippen LogP contribution in [-0.4, -0.2) is 32.1 Å². The highest BCUT2D eigenvalue weighted by molar-refractivity contribution is 6.52. The molecule has 0 fully saturated rings. The van der Waals surface area contributed by atoms with Crippen molar-refractivity contribution in [2.24, 2.45) is 0 Å². The first-order valence-electron chi connectivity index (χ1n) is 11.5. The van der Waals surface area contributed by atoms with E-state index in [1.807, 2.05) is 0 Å². The van der Waals surface area contributed by atoms with Gasteiger partial charge in [-0.1, -0.05) is 71.2 Å². The molecular formula is C27H25B3N2. The van der Waals surface area contributed by atoms with Crippen LogP contribution in [0, 0.1) is 6.92 Å². The van der Waals surface area contributed by atoms with Gasteiger partial charge in [0.2, 0.25) is 0 Å². The smallest absolute Gasteiger partial charge is 0.154 e. The Morgan fingerprint density at radius 3 is 1.66 bits per heavy atom. The maximum Gasteiger partial charge on any atom is 0.154 e. The Balaban J connectivity index is 1.67. The van der Waals surface area contributed by atoms with Gasteiger partial charge in [-0.3, -0.25) is 0 Å². The molecule has 32 heavy (non-hydrogen) atoms. The molecule has 152 valence electrons. The average Bonchev–Trinajstić information content (AvgIpc) is 3.25. The summed E-state index contributed by atoms with van der Waals surface area (Å²) >= 11 is 0. The normalized spacial score (nSPS) is 11.8. The summed E-state index contributed by atoms with van der Waals surface area (Å²) in [6.07, 6.45) is 0. The average molecular weight is 410 g/mol. The van der Waals surface area contributed by atoms with Gasteiger partial charge in [0.05, 0.1) is 22.1 Å². The van der Waals surface area contributed by atoms with Gasteiger partial charge in [-0.05, 0) is 37.3 Å². The quantitative estimate of drug-likeness (QED) is 0.397. The zero-order chi connectivity index (χ0) is 22.0. The van der Waals surface area contributed by atoms with Crippen LogP contribution in [0.5, 0.6) is 0 Å². The fourth-order valence-electron chi connectivity index (χ4n) is 5.26. The van der Waals surface area contributed by atoms with Crippen molar-refractivity contribution >= 4 is 83.0 Å². The lowest BCUT2D eigenvalue weighted by Crippen LogP contribution is -2.11. The number of aromatic nitrogens is 2. The van der Waals surface area contributed by atoms with Crippen molar-refractivity contribution in [2.45, 2.75) is 20.4 Å². The van der Waals surface area contributed by atoms with E-state index in [0.29, 0.717) is 0 Å². The summed E-state index contributed by atoms with van der Waals surface area (Å²) in [5.74, 6) is 0. The van der Waals surface area contributed by atoms with Crippen LogP contribution in [-0.2, 0) is 6.67 Å². The predicted octanol–water partition coefficient (Wildman–Crippen LogP) is 2.34. The van der Waals surface area contributed by atoms with Crippen LogP contribution in [0.4, 0.5) is 0 Å². The Kier molecular flexibility index (Phi) is 4.30. The van der Waals surface area contributed by atoms with Crippen LogP contribution in [0.2, 0.25) is 6.82 Å². The molecule has 0 N–H and O–H groups in total. The van der Waals surface area contributed by atoms with Crippen molar-refractivity contribution < 1.29 is 0 Å². The molecule has 2 nitrogen and oxygen atoms in total. The molecule has 0 unspecified atom stereocenters. The van der Waals surface area contributed by atoms with E-state index in [9.17, 15) is 0 Å². The summed E-state index contributed by atoms with van der Waals surface area (Å²) in [7, 11) is 5.41. The van der Waals surface area contributed by atoms with Gasteiger partial charge in [-0.2, -0.15) is 0 Å². The van der Waals surface area contributed by atoms with Crippen LogP contribution >= 0.6 is 0 Å². The standard InChI is InChI=1S/C27H25B3N2/c1-16-3-7-24-20(11-16)23-14-19(30-2)6-10-27(23)31(24)15-32-25-8-4-17(28)12-21(25)22-13-18(29)5-9-26(22)32/h3-14,30H,15,28-29H2,1-2H3. The lowest BCUT2D eigenvalue weighted by atomic mass is 9.73. The van der Waals surface area contributed by atoms with E-state index in [2.05, 4.69) is 111 Å². The third kappa shape index (κ3) is 2.84. The van der Waals surface area contributed by atoms with Crippen molar-refractivity contribution in [2.75, 3.05) is 0 Å². The van der Waals surface area contributed by atoms with E-state index < -0.39 is 0 Å². The third-order valence-electron chi connectivity index (χ3n) is 6.95. The van der Waals surface area contributed by atoms with Crippen LogP contribution in [0.25, 0.3) is 43.6 Å². The molecule has 0 aliphatic rings. The highest BCUT2D eigenvalue weighted by atomic mass is 15.2. The van der Waals surface area contributed by atoms with Gasteiger partial charge in [0, 0.05) is 21.5 Å². The second-order valence-electron chi connectivity index (χ2n) is 9.26. The molecule has 0 saturated heterocycles. The Labute approximate surface area is 190 Å². The summed E-state index contributed by atoms with van der Waals surface area (Å²) in [6.45, 7) is 5.21. The lowest BCUT2D eigenvalue weighted by molar-refractivity contribution is 0.682. The van der Waals surface area contributed by atoms with Gasteiger partial charge < -0.3 is 9.13 Å². The van der Waals surface area contributed by atoms with Crippen LogP contribution in [0.3, 0.4) is 0 Å². The number of hydrogen-bond donors (Lipinski definition) is 0. The van der Waals surface area contributed by atoms with Crippen LogP contribution in [0.15, 0.2) is 72.8 Å². The number of benzene rings is 4. The molecule has 0 bridgehead atoms. The molecule has 2 aromatic heterocycles. The van der Waals surface area contributed by atoms with E-state index >= 15 is 0 Å². The molecule has 0 atom stereocenters. The molecule has 4 aromatic carbocycles. The van der Waals surface area contributed by atoms with E-state index in [0.717, 1.165) is 13.9 Å². The summed E-state index contributed by atoms with van der Waals surface area (Å²) < 4.78 is 4.97. The van der Waals surface area contributed by atoms with Crippen molar-refractivity contribution in [3.8, 4) is 0 Å². The maximum atomic E-state index is 2.49. The lowest BCUT2D eigenvalue weighted by Gasteiger charge is -2.13. The first-order valence-corrected chi connectivity index (χ1v) is 11.5. The number of aryl methyl sites for hydroxylation is 1. The zero-order valence-corrected chi connectivity index (χ0v) is 19.2. The molecule has 0 spiro atoms. The van der Waals surface area contributed by atoms with Gasteiger partial charge in [-0.25, -0.2) is 0 Å². The molecular weight excluding hydrogens is 385 g/mol. The Hall–Kier alpha value is -3.33. The predicted molar refractivity (Wildman–Crippen MR) is 148 cm³/mol. The van der Waals surface area contributed by atoms with Gasteiger partial charge in [0.15, 0.2) is 7.28 Å². The zero-order valence-electron chi connectivity index (χ0n) is 19.2. The number of rotatable bonds is 3. The van der Waals surface area contributed by atoms with Gasteiger partial charge >= 0.3 is 0 Å². The highest BCUT2D eigenvalue weighted by Crippen LogP contribution is 2.32. The topological polar surface area (TPSA) is 9.86 Å². The van der Waals surface area contributed by atoms with Crippen molar-refractivity contribution in [3.05, 3.63) is 78.4 Å².